The van der Waals surface area contributed by atoms with E-state index in [-0.39, 0.29) is 0 Å². The van der Waals surface area contributed by atoms with E-state index in [0.29, 0.717) is 12.1 Å². The molecule has 3 nitrogen and oxygen atoms in total. The molecule has 0 unspecified atom stereocenters. The van der Waals surface area contributed by atoms with Crippen LogP contribution >= 0.6 is 0 Å². The van der Waals surface area contributed by atoms with Gasteiger partial charge in [-0.1, -0.05) is 6.92 Å². The third-order valence-corrected chi connectivity index (χ3v) is 5.17. The molecule has 19 heavy (non-hydrogen) atoms. The molecule has 0 N–H and O–H groups in total. The highest BCUT2D eigenvalue weighted by atomic mass is 15.3. The maximum absolute atomic E-state index is 2.77. The Morgan fingerprint density at radius 3 is 1.84 bits per heavy atom. The molecular weight excluding hydrogens is 234 g/mol. The number of rotatable bonds is 3. The van der Waals surface area contributed by atoms with Crippen LogP contribution in [0.1, 0.15) is 41.0 Å². The van der Waals surface area contributed by atoms with Crippen LogP contribution in [0.4, 0.5) is 0 Å². The largest absolute Gasteiger partial charge is 0.301 e. The van der Waals surface area contributed by atoms with Crippen LogP contribution in [0.2, 0.25) is 0 Å². The van der Waals surface area contributed by atoms with E-state index >= 15 is 0 Å². The van der Waals surface area contributed by atoms with Gasteiger partial charge in [0.2, 0.25) is 0 Å². The maximum Gasteiger partial charge on any atom is 0.0146 e. The Kier molecular flexibility index (Phi) is 5.27. The number of hydrogen-bond donors (Lipinski definition) is 0. The molecule has 2 heterocycles. The molecule has 3 heteroatoms. The van der Waals surface area contributed by atoms with Crippen LogP contribution in [-0.4, -0.2) is 72.1 Å². The normalized spacial score (nSPS) is 32.4. The minimum Gasteiger partial charge on any atom is -0.301 e. The molecule has 2 fully saturated rings. The van der Waals surface area contributed by atoms with Gasteiger partial charge < -0.3 is 4.90 Å². The Labute approximate surface area is 119 Å². The van der Waals surface area contributed by atoms with E-state index in [1.54, 1.807) is 0 Å². The van der Waals surface area contributed by atoms with Crippen molar-refractivity contribution in [1.82, 2.24) is 14.7 Å². The Bertz CT molecular complexity index is 269. The van der Waals surface area contributed by atoms with Gasteiger partial charge in [-0.05, 0) is 46.6 Å². The molecule has 0 aromatic rings. The zero-order valence-electron chi connectivity index (χ0n) is 13.6. The molecule has 0 bridgehead atoms. The highest BCUT2D eigenvalue weighted by molar-refractivity contribution is 4.88. The summed E-state index contributed by atoms with van der Waals surface area (Å²) in [5, 5.41) is 0. The van der Waals surface area contributed by atoms with Gasteiger partial charge in [-0.3, -0.25) is 9.80 Å². The average molecular weight is 267 g/mol. The lowest BCUT2D eigenvalue weighted by Crippen LogP contribution is -2.57. The van der Waals surface area contributed by atoms with Gasteiger partial charge in [0.05, 0.1) is 0 Å². The highest BCUT2D eigenvalue weighted by Crippen LogP contribution is 2.24. The molecule has 0 saturated carbocycles. The van der Waals surface area contributed by atoms with Gasteiger partial charge in [0.25, 0.3) is 0 Å². The third kappa shape index (κ3) is 3.71. The van der Waals surface area contributed by atoms with Gasteiger partial charge in [-0.25, -0.2) is 0 Å². The molecule has 0 amide bonds. The predicted octanol–water partition coefficient (Wildman–Crippen LogP) is 2.13. The molecule has 2 aliphatic heterocycles. The molecule has 0 spiro atoms. The molecule has 2 saturated heterocycles. The Balaban J connectivity index is 1.84. The first-order chi connectivity index (χ1) is 8.99. The molecule has 0 aliphatic carbocycles. The van der Waals surface area contributed by atoms with E-state index in [2.05, 4.69) is 49.3 Å². The minimum absolute atomic E-state index is 0.709. The fourth-order valence-corrected chi connectivity index (χ4v) is 3.76. The summed E-state index contributed by atoms with van der Waals surface area (Å²) in [6, 6.07) is 2.24. The van der Waals surface area contributed by atoms with Crippen molar-refractivity contribution in [2.75, 3.05) is 39.3 Å². The van der Waals surface area contributed by atoms with Crippen molar-refractivity contribution in [2.45, 2.75) is 59.2 Å². The van der Waals surface area contributed by atoms with Crippen LogP contribution in [0.3, 0.4) is 0 Å². The Morgan fingerprint density at radius 1 is 0.789 bits per heavy atom. The van der Waals surface area contributed by atoms with Crippen molar-refractivity contribution in [3.8, 4) is 0 Å². The summed E-state index contributed by atoms with van der Waals surface area (Å²) >= 11 is 0. The van der Waals surface area contributed by atoms with E-state index < -0.39 is 0 Å². The molecule has 2 aliphatic rings. The summed E-state index contributed by atoms with van der Waals surface area (Å²) in [7, 11) is 0. The standard InChI is InChI=1S/C16H33N3/c1-13(2)17-8-10-18(11-9-17)16-6-7-19(14(3)4)12-15(16)5/h13-16H,6-12H2,1-5H3/t15-,16+/m1/s1. The quantitative estimate of drug-likeness (QED) is 0.775. The number of piperidine rings is 1. The zero-order valence-corrected chi connectivity index (χ0v) is 13.6. The summed E-state index contributed by atoms with van der Waals surface area (Å²) in [6.07, 6.45) is 1.36. The van der Waals surface area contributed by atoms with Crippen LogP contribution < -0.4 is 0 Å². The molecule has 0 aromatic heterocycles. The molecule has 0 radical (unpaired) electrons. The van der Waals surface area contributed by atoms with Crippen molar-refractivity contribution in [3.63, 3.8) is 0 Å². The van der Waals surface area contributed by atoms with Crippen LogP contribution in [0.25, 0.3) is 0 Å². The van der Waals surface area contributed by atoms with Crippen LogP contribution in [0, 0.1) is 5.92 Å². The van der Waals surface area contributed by atoms with E-state index in [1.807, 2.05) is 0 Å². The number of likely N-dealkylation sites (tertiary alicyclic amines) is 1. The first-order valence-electron chi connectivity index (χ1n) is 8.21. The van der Waals surface area contributed by atoms with Crippen molar-refractivity contribution in [1.29, 1.82) is 0 Å². The fraction of sp³-hybridized carbons (Fsp3) is 1.00. The van der Waals surface area contributed by atoms with Gasteiger partial charge in [-0.15, -0.1) is 0 Å². The maximum atomic E-state index is 2.77. The van der Waals surface area contributed by atoms with Crippen molar-refractivity contribution in [2.24, 2.45) is 5.92 Å². The zero-order chi connectivity index (χ0) is 14.0. The lowest BCUT2D eigenvalue weighted by Gasteiger charge is -2.47. The molecule has 2 atom stereocenters. The van der Waals surface area contributed by atoms with Gasteiger partial charge in [0, 0.05) is 50.8 Å². The van der Waals surface area contributed by atoms with Gasteiger partial charge in [0.1, 0.15) is 0 Å². The van der Waals surface area contributed by atoms with E-state index in [0.717, 1.165) is 12.0 Å². The van der Waals surface area contributed by atoms with E-state index in [1.165, 1.54) is 45.7 Å². The van der Waals surface area contributed by atoms with Crippen molar-refractivity contribution < 1.29 is 0 Å². The molecule has 112 valence electrons. The molecule has 0 aromatic carbocycles. The van der Waals surface area contributed by atoms with Crippen LogP contribution in [-0.2, 0) is 0 Å². The average Bonchev–Trinajstić information content (AvgIpc) is 2.38. The topological polar surface area (TPSA) is 9.72 Å². The van der Waals surface area contributed by atoms with E-state index in [4.69, 9.17) is 0 Å². The summed E-state index contributed by atoms with van der Waals surface area (Å²) in [4.78, 5) is 8.02. The lowest BCUT2D eigenvalue weighted by atomic mass is 9.91. The summed E-state index contributed by atoms with van der Waals surface area (Å²) < 4.78 is 0. The van der Waals surface area contributed by atoms with Gasteiger partial charge >= 0.3 is 0 Å². The minimum atomic E-state index is 0.709. The van der Waals surface area contributed by atoms with Crippen molar-refractivity contribution >= 4 is 0 Å². The molecular formula is C16H33N3. The number of nitrogens with zero attached hydrogens (tertiary/aromatic N) is 3. The monoisotopic (exact) mass is 267 g/mol. The smallest absolute Gasteiger partial charge is 0.0146 e. The second kappa shape index (κ2) is 6.55. The third-order valence-electron chi connectivity index (χ3n) is 5.17. The summed E-state index contributed by atoms with van der Waals surface area (Å²) in [6.45, 7) is 19.4. The van der Waals surface area contributed by atoms with E-state index in [9.17, 15) is 0 Å². The number of hydrogen-bond acceptors (Lipinski definition) is 3. The summed E-state index contributed by atoms with van der Waals surface area (Å²) in [5.41, 5.74) is 0. The SMILES string of the molecule is CC(C)N1CCN([C@H]2CCN(C(C)C)C[C@H]2C)CC1. The van der Waals surface area contributed by atoms with Crippen LogP contribution in [0.5, 0.6) is 0 Å². The fourth-order valence-electron chi connectivity index (χ4n) is 3.76. The Morgan fingerprint density at radius 2 is 1.37 bits per heavy atom. The first kappa shape index (κ1) is 15.3. The van der Waals surface area contributed by atoms with Crippen molar-refractivity contribution in [3.05, 3.63) is 0 Å². The second-order valence-corrected chi connectivity index (χ2v) is 7.09. The van der Waals surface area contributed by atoms with Crippen LogP contribution in [0.15, 0.2) is 0 Å². The van der Waals surface area contributed by atoms with Gasteiger partial charge in [-0.2, -0.15) is 0 Å². The first-order valence-corrected chi connectivity index (χ1v) is 8.21. The molecule has 2 rings (SSSR count). The summed E-state index contributed by atoms with van der Waals surface area (Å²) in [5.74, 6) is 0.821. The highest BCUT2D eigenvalue weighted by Gasteiger charge is 2.33. The Hall–Kier alpha value is -0.120. The number of piperazine rings is 1. The second-order valence-electron chi connectivity index (χ2n) is 7.09. The van der Waals surface area contributed by atoms with Gasteiger partial charge in [0.15, 0.2) is 0 Å². The predicted molar refractivity (Wildman–Crippen MR) is 82.6 cm³/mol. The lowest BCUT2D eigenvalue weighted by molar-refractivity contribution is 0.0145.